The Balaban J connectivity index is 1.88. The molecule has 0 radical (unpaired) electrons. The standard InChI is InChI=1S/C16H21F3N2O2/c1-11-3-4-13(12(2)9-11)10-20-14(22)21-7-5-15(23,6-8-21)16(17,18)19/h3-4,9,23H,5-8,10H2,1-2H3,(H,20,22). The molecule has 1 heterocycles. The number of aryl methyl sites for hydroxylation is 2. The predicted octanol–water partition coefficient (Wildman–Crippen LogP) is 2.90. The van der Waals surface area contributed by atoms with Crippen molar-refractivity contribution in [3.63, 3.8) is 0 Å². The zero-order chi connectivity index (χ0) is 17.3. The Hall–Kier alpha value is -1.76. The molecule has 1 aliphatic heterocycles. The number of piperidine rings is 1. The molecule has 0 aromatic heterocycles. The first-order chi connectivity index (χ1) is 10.6. The Morgan fingerprint density at radius 1 is 1.30 bits per heavy atom. The van der Waals surface area contributed by atoms with Crippen LogP contribution in [0.1, 0.15) is 29.5 Å². The van der Waals surface area contributed by atoms with E-state index < -0.39 is 30.7 Å². The molecule has 7 heteroatoms. The summed E-state index contributed by atoms with van der Waals surface area (Å²) in [5.74, 6) is 0. The molecule has 2 amide bonds. The second-order valence-corrected chi connectivity index (χ2v) is 6.11. The number of carbonyl (C=O) groups excluding carboxylic acids is 1. The minimum Gasteiger partial charge on any atom is -0.380 e. The molecule has 1 fully saturated rings. The van der Waals surface area contributed by atoms with Gasteiger partial charge in [0, 0.05) is 32.5 Å². The van der Waals surface area contributed by atoms with Gasteiger partial charge in [0.1, 0.15) is 0 Å². The minimum absolute atomic E-state index is 0.116. The number of aliphatic hydroxyl groups is 1. The van der Waals surface area contributed by atoms with Crippen LogP contribution >= 0.6 is 0 Å². The van der Waals surface area contributed by atoms with Gasteiger partial charge in [-0.1, -0.05) is 23.8 Å². The Bertz CT molecular complexity index is 579. The van der Waals surface area contributed by atoms with E-state index in [4.69, 9.17) is 0 Å². The van der Waals surface area contributed by atoms with Crippen LogP contribution in [0.3, 0.4) is 0 Å². The quantitative estimate of drug-likeness (QED) is 0.876. The average Bonchev–Trinajstić information content (AvgIpc) is 2.45. The number of carbonyl (C=O) groups is 1. The average molecular weight is 330 g/mol. The van der Waals surface area contributed by atoms with E-state index in [1.807, 2.05) is 32.0 Å². The van der Waals surface area contributed by atoms with Gasteiger partial charge < -0.3 is 15.3 Å². The molecule has 0 spiro atoms. The van der Waals surface area contributed by atoms with E-state index in [0.29, 0.717) is 6.54 Å². The Morgan fingerprint density at radius 3 is 2.43 bits per heavy atom. The fraction of sp³-hybridized carbons (Fsp3) is 0.562. The molecular weight excluding hydrogens is 309 g/mol. The van der Waals surface area contributed by atoms with Crippen molar-refractivity contribution in [1.82, 2.24) is 10.2 Å². The highest BCUT2D eigenvalue weighted by atomic mass is 19.4. The molecule has 1 saturated heterocycles. The van der Waals surface area contributed by atoms with E-state index in [2.05, 4.69) is 5.32 Å². The highest BCUT2D eigenvalue weighted by molar-refractivity contribution is 5.74. The summed E-state index contributed by atoms with van der Waals surface area (Å²) in [4.78, 5) is 13.4. The van der Waals surface area contributed by atoms with E-state index in [9.17, 15) is 23.1 Å². The summed E-state index contributed by atoms with van der Waals surface area (Å²) in [6, 6.07) is 5.46. The number of nitrogens with one attached hydrogen (secondary N) is 1. The highest BCUT2D eigenvalue weighted by Crippen LogP contribution is 2.38. The molecule has 4 nitrogen and oxygen atoms in total. The van der Waals surface area contributed by atoms with Gasteiger partial charge in [-0.3, -0.25) is 0 Å². The Kier molecular flexibility index (Phi) is 4.89. The van der Waals surface area contributed by atoms with Crippen LogP contribution in [0.4, 0.5) is 18.0 Å². The van der Waals surface area contributed by atoms with Gasteiger partial charge in [-0.25, -0.2) is 4.79 Å². The number of urea groups is 1. The van der Waals surface area contributed by atoms with Crippen LogP contribution in [0, 0.1) is 13.8 Å². The van der Waals surface area contributed by atoms with Crippen molar-refractivity contribution in [2.75, 3.05) is 13.1 Å². The van der Waals surface area contributed by atoms with Gasteiger partial charge in [0.15, 0.2) is 5.60 Å². The van der Waals surface area contributed by atoms with Crippen LogP contribution in [0.2, 0.25) is 0 Å². The van der Waals surface area contributed by atoms with Crippen molar-refractivity contribution in [2.24, 2.45) is 0 Å². The van der Waals surface area contributed by atoms with Crippen LogP contribution in [0.15, 0.2) is 18.2 Å². The Morgan fingerprint density at radius 2 is 1.91 bits per heavy atom. The van der Waals surface area contributed by atoms with Crippen LogP contribution in [-0.2, 0) is 6.54 Å². The fourth-order valence-corrected chi connectivity index (χ4v) is 2.69. The number of benzene rings is 1. The van der Waals surface area contributed by atoms with Gasteiger partial charge in [0.2, 0.25) is 0 Å². The number of hydrogen-bond acceptors (Lipinski definition) is 2. The van der Waals surface area contributed by atoms with Crippen molar-refractivity contribution in [3.05, 3.63) is 34.9 Å². The lowest BCUT2D eigenvalue weighted by atomic mass is 9.91. The van der Waals surface area contributed by atoms with Crippen molar-refractivity contribution in [2.45, 2.75) is 45.0 Å². The molecule has 1 aromatic rings. The second-order valence-electron chi connectivity index (χ2n) is 6.11. The van der Waals surface area contributed by atoms with Gasteiger partial charge in [-0.2, -0.15) is 13.2 Å². The number of halogens is 3. The number of hydrogen-bond donors (Lipinski definition) is 2. The van der Waals surface area contributed by atoms with Gasteiger partial charge in [-0.15, -0.1) is 0 Å². The van der Waals surface area contributed by atoms with Crippen LogP contribution in [0.5, 0.6) is 0 Å². The first-order valence-corrected chi connectivity index (χ1v) is 7.50. The maximum atomic E-state index is 12.7. The summed E-state index contributed by atoms with van der Waals surface area (Å²) in [5, 5.41) is 12.3. The van der Waals surface area contributed by atoms with E-state index in [1.165, 1.54) is 4.90 Å². The SMILES string of the molecule is Cc1ccc(CNC(=O)N2CCC(O)(C(F)(F)F)CC2)c(C)c1. The summed E-state index contributed by atoms with van der Waals surface area (Å²) in [5.41, 5.74) is 0.459. The van der Waals surface area contributed by atoms with Crippen LogP contribution < -0.4 is 5.32 Å². The van der Waals surface area contributed by atoms with E-state index in [-0.39, 0.29) is 13.1 Å². The molecule has 1 aromatic carbocycles. The monoisotopic (exact) mass is 330 g/mol. The molecule has 1 aliphatic rings. The fourth-order valence-electron chi connectivity index (χ4n) is 2.69. The Labute approximate surface area is 133 Å². The lowest BCUT2D eigenvalue weighted by Crippen LogP contribution is -2.55. The molecule has 0 saturated carbocycles. The van der Waals surface area contributed by atoms with E-state index >= 15 is 0 Å². The first kappa shape index (κ1) is 17.6. The number of rotatable bonds is 2. The van der Waals surface area contributed by atoms with Gasteiger partial charge in [0.05, 0.1) is 0 Å². The van der Waals surface area contributed by atoms with Gasteiger partial charge >= 0.3 is 12.2 Å². The van der Waals surface area contributed by atoms with Crippen molar-refractivity contribution >= 4 is 6.03 Å². The maximum Gasteiger partial charge on any atom is 0.417 e. The smallest absolute Gasteiger partial charge is 0.380 e. The molecule has 128 valence electrons. The molecule has 0 aliphatic carbocycles. The summed E-state index contributed by atoms with van der Waals surface area (Å²) >= 11 is 0. The number of nitrogens with zero attached hydrogens (tertiary/aromatic N) is 1. The third-order valence-electron chi connectivity index (χ3n) is 4.33. The van der Waals surface area contributed by atoms with Crippen molar-refractivity contribution in [1.29, 1.82) is 0 Å². The van der Waals surface area contributed by atoms with Crippen molar-refractivity contribution < 1.29 is 23.1 Å². The van der Waals surface area contributed by atoms with Crippen molar-refractivity contribution in [3.8, 4) is 0 Å². The third kappa shape index (κ3) is 3.96. The second kappa shape index (κ2) is 6.39. The van der Waals surface area contributed by atoms with Crippen LogP contribution in [-0.4, -0.2) is 40.9 Å². The number of amides is 2. The normalized spacial score (nSPS) is 17.9. The zero-order valence-corrected chi connectivity index (χ0v) is 13.2. The summed E-state index contributed by atoms with van der Waals surface area (Å²) in [6.07, 6.45) is -5.64. The summed E-state index contributed by atoms with van der Waals surface area (Å²) in [7, 11) is 0. The molecule has 0 bridgehead atoms. The molecule has 2 N–H and O–H groups in total. The summed E-state index contributed by atoms with van der Waals surface area (Å²) < 4.78 is 38.2. The molecular formula is C16H21F3N2O2. The number of likely N-dealkylation sites (tertiary alicyclic amines) is 1. The molecule has 0 atom stereocenters. The molecule has 0 unspecified atom stereocenters. The zero-order valence-electron chi connectivity index (χ0n) is 13.2. The minimum atomic E-state index is -4.66. The van der Waals surface area contributed by atoms with Gasteiger partial charge in [-0.05, 0) is 25.0 Å². The highest BCUT2D eigenvalue weighted by Gasteiger charge is 2.54. The predicted molar refractivity (Wildman–Crippen MR) is 80.0 cm³/mol. The third-order valence-corrected chi connectivity index (χ3v) is 4.33. The molecule has 2 rings (SSSR count). The van der Waals surface area contributed by atoms with E-state index in [1.54, 1.807) is 0 Å². The lowest BCUT2D eigenvalue weighted by Gasteiger charge is -2.39. The van der Waals surface area contributed by atoms with Gasteiger partial charge in [0.25, 0.3) is 0 Å². The lowest BCUT2D eigenvalue weighted by molar-refractivity contribution is -0.271. The van der Waals surface area contributed by atoms with E-state index in [0.717, 1.165) is 16.7 Å². The molecule has 23 heavy (non-hydrogen) atoms. The largest absolute Gasteiger partial charge is 0.417 e. The van der Waals surface area contributed by atoms with Crippen LogP contribution in [0.25, 0.3) is 0 Å². The first-order valence-electron chi connectivity index (χ1n) is 7.50. The summed E-state index contributed by atoms with van der Waals surface area (Å²) in [6.45, 7) is 4.01. The topological polar surface area (TPSA) is 52.6 Å². The maximum absolute atomic E-state index is 12.7. The number of alkyl halides is 3.